The van der Waals surface area contributed by atoms with Crippen LogP contribution in [-0.2, 0) is 11.0 Å². The summed E-state index contributed by atoms with van der Waals surface area (Å²) in [5.41, 5.74) is -2.07. The van der Waals surface area contributed by atoms with Crippen LogP contribution in [0.5, 0.6) is 5.75 Å². The van der Waals surface area contributed by atoms with Crippen LogP contribution in [0, 0.1) is 0 Å². The Labute approximate surface area is 98.4 Å². The molecule has 0 amide bonds. The van der Waals surface area contributed by atoms with Crippen molar-refractivity contribution in [2.24, 2.45) is 0 Å². The lowest BCUT2D eigenvalue weighted by atomic mass is 10.1. The quantitative estimate of drug-likeness (QED) is 0.867. The molecular weight excluding hydrogens is 257 g/mol. The summed E-state index contributed by atoms with van der Waals surface area (Å²) in [6.45, 7) is -1.06. The van der Waals surface area contributed by atoms with Gasteiger partial charge in [-0.05, 0) is 12.1 Å². The SMILES string of the molecule is O=C(O)COc1c(C(=O)O)cccc1C(F)(F)F. The third-order valence-corrected chi connectivity index (χ3v) is 1.89. The maximum absolute atomic E-state index is 12.6. The summed E-state index contributed by atoms with van der Waals surface area (Å²) >= 11 is 0. The third kappa shape index (κ3) is 3.12. The second kappa shape index (κ2) is 4.94. The average molecular weight is 264 g/mol. The van der Waals surface area contributed by atoms with Gasteiger partial charge < -0.3 is 14.9 Å². The first-order chi connectivity index (χ1) is 8.23. The molecule has 0 atom stereocenters. The van der Waals surface area contributed by atoms with Gasteiger partial charge in [0.05, 0.1) is 5.56 Å². The van der Waals surface area contributed by atoms with E-state index in [0.717, 1.165) is 12.1 Å². The molecule has 5 nitrogen and oxygen atoms in total. The molecule has 0 aromatic heterocycles. The number of rotatable bonds is 4. The highest BCUT2D eigenvalue weighted by Gasteiger charge is 2.36. The molecule has 18 heavy (non-hydrogen) atoms. The molecule has 1 rings (SSSR count). The summed E-state index contributed by atoms with van der Waals surface area (Å²) in [7, 11) is 0. The Morgan fingerprint density at radius 2 is 1.83 bits per heavy atom. The summed E-state index contributed by atoms with van der Waals surface area (Å²) in [4.78, 5) is 21.0. The number of hydrogen-bond donors (Lipinski definition) is 2. The molecule has 0 saturated heterocycles. The minimum Gasteiger partial charge on any atom is -0.480 e. The maximum atomic E-state index is 12.6. The van der Waals surface area contributed by atoms with Crippen LogP contribution >= 0.6 is 0 Å². The van der Waals surface area contributed by atoms with Crippen molar-refractivity contribution in [2.45, 2.75) is 6.18 Å². The lowest BCUT2D eigenvalue weighted by Crippen LogP contribution is -2.16. The number of ether oxygens (including phenoxy) is 1. The van der Waals surface area contributed by atoms with Crippen LogP contribution in [0.25, 0.3) is 0 Å². The predicted molar refractivity (Wildman–Crippen MR) is 51.5 cm³/mol. The smallest absolute Gasteiger partial charge is 0.419 e. The van der Waals surface area contributed by atoms with Crippen molar-refractivity contribution in [3.8, 4) is 5.75 Å². The van der Waals surface area contributed by atoms with Gasteiger partial charge in [-0.2, -0.15) is 13.2 Å². The topological polar surface area (TPSA) is 83.8 Å². The predicted octanol–water partition coefficient (Wildman–Crippen LogP) is 1.87. The summed E-state index contributed by atoms with van der Waals surface area (Å²) in [5.74, 6) is -4.15. The van der Waals surface area contributed by atoms with Crippen molar-refractivity contribution in [3.05, 3.63) is 29.3 Å². The number of benzene rings is 1. The fourth-order valence-electron chi connectivity index (χ4n) is 1.22. The van der Waals surface area contributed by atoms with E-state index in [1.807, 2.05) is 0 Å². The molecule has 1 aromatic carbocycles. The Bertz CT molecular complexity index is 481. The molecule has 8 heteroatoms. The lowest BCUT2D eigenvalue weighted by molar-refractivity contribution is -0.143. The monoisotopic (exact) mass is 264 g/mol. The van der Waals surface area contributed by atoms with E-state index in [1.165, 1.54) is 0 Å². The highest BCUT2D eigenvalue weighted by Crippen LogP contribution is 2.38. The number of alkyl halides is 3. The van der Waals surface area contributed by atoms with Gasteiger partial charge >= 0.3 is 18.1 Å². The molecule has 0 spiro atoms. The van der Waals surface area contributed by atoms with Gasteiger partial charge in [0.15, 0.2) is 6.61 Å². The number of carboxylic acids is 2. The number of carboxylic acid groups (broad SMARTS) is 2. The Morgan fingerprint density at radius 1 is 1.22 bits per heavy atom. The minimum atomic E-state index is -4.83. The molecule has 98 valence electrons. The summed E-state index contributed by atoms with van der Waals surface area (Å²) in [6.07, 6.45) is -4.83. The number of aromatic carboxylic acids is 1. The Balaban J connectivity index is 3.30. The maximum Gasteiger partial charge on any atom is 0.419 e. The van der Waals surface area contributed by atoms with Crippen molar-refractivity contribution in [1.29, 1.82) is 0 Å². The van der Waals surface area contributed by atoms with Crippen LogP contribution in [0.4, 0.5) is 13.2 Å². The number of hydrogen-bond acceptors (Lipinski definition) is 3. The van der Waals surface area contributed by atoms with Crippen molar-refractivity contribution in [3.63, 3.8) is 0 Å². The zero-order chi connectivity index (χ0) is 13.9. The molecule has 0 radical (unpaired) electrons. The van der Waals surface area contributed by atoms with Gasteiger partial charge in [-0.1, -0.05) is 6.07 Å². The van der Waals surface area contributed by atoms with E-state index in [2.05, 4.69) is 4.74 Å². The third-order valence-electron chi connectivity index (χ3n) is 1.89. The van der Waals surface area contributed by atoms with Gasteiger partial charge in [-0.25, -0.2) is 9.59 Å². The molecule has 0 aliphatic heterocycles. The second-order valence-corrected chi connectivity index (χ2v) is 3.17. The van der Waals surface area contributed by atoms with Crippen molar-refractivity contribution in [1.82, 2.24) is 0 Å². The molecule has 2 N–H and O–H groups in total. The molecule has 1 aromatic rings. The molecule has 0 unspecified atom stereocenters. The first-order valence-corrected chi connectivity index (χ1v) is 4.51. The zero-order valence-corrected chi connectivity index (χ0v) is 8.69. The van der Waals surface area contributed by atoms with E-state index in [0.29, 0.717) is 6.07 Å². The molecule has 0 aliphatic carbocycles. The van der Waals surface area contributed by atoms with E-state index in [-0.39, 0.29) is 0 Å². The second-order valence-electron chi connectivity index (χ2n) is 3.17. The summed E-state index contributed by atoms with van der Waals surface area (Å²) < 4.78 is 42.2. The van der Waals surface area contributed by atoms with Gasteiger partial charge in [0.25, 0.3) is 0 Å². The number of aliphatic carboxylic acids is 1. The Morgan fingerprint density at radius 3 is 2.28 bits per heavy atom. The molecule has 0 saturated carbocycles. The van der Waals surface area contributed by atoms with Crippen LogP contribution in [-0.4, -0.2) is 28.8 Å². The highest BCUT2D eigenvalue weighted by molar-refractivity contribution is 5.91. The fourth-order valence-corrected chi connectivity index (χ4v) is 1.22. The standard InChI is InChI=1S/C10H7F3O5/c11-10(12,13)6-3-1-2-5(9(16)17)8(6)18-4-7(14)15/h1-3H,4H2,(H,14,15)(H,16,17). The summed E-state index contributed by atoms with van der Waals surface area (Å²) in [6, 6.07) is 2.41. The van der Waals surface area contributed by atoms with Crippen molar-refractivity contribution < 1.29 is 37.7 Å². The number of para-hydroxylation sites is 1. The molecule has 0 heterocycles. The first kappa shape index (κ1) is 13.8. The van der Waals surface area contributed by atoms with E-state index in [1.54, 1.807) is 0 Å². The van der Waals surface area contributed by atoms with E-state index >= 15 is 0 Å². The van der Waals surface area contributed by atoms with Gasteiger partial charge in [0.2, 0.25) is 0 Å². The van der Waals surface area contributed by atoms with Crippen LogP contribution in [0.1, 0.15) is 15.9 Å². The van der Waals surface area contributed by atoms with E-state index in [4.69, 9.17) is 10.2 Å². The van der Waals surface area contributed by atoms with Gasteiger partial charge in [-0.15, -0.1) is 0 Å². The summed E-state index contributed by atoms with van der Waals surface area (Å²) in [5, 5.41) is 17.1. The molecular formula is C10H7F3O5. The number of carbonyl (C=O) groups is 2. The molecule has 0 fully saturated rings. The zero-order valence-electron chi connectivity index (χ0n) is 8.69. The minimum absolute atomic E-state index is 0.615. The van der Waals surface area contributed by atoms with E-state index < -0.39 is 41.6 Å². The largest absolute Gasteiger partial charge is 0.480 e. The fraction of sp³-hybridized carbons (Fsp3) is 0.200. The lowest BCUT2D eigenvalue weighted by Gasteiger charge is -2.14. The Hall–Kier alpha value is -2.25. The van der Waals surface area contributed by atoms with Gasteiger partial charge in [0.1, 0.15) is 11.3 Å². The van der Waals surface area contributed by atoms with Gasteiger partial charge in [-0.3, -0.25) is 0 Å². The van der Waals surface area contributed by atoms with Crippen LogP contribution in [0.2, 0.25) is 0 Å². The molecule has 0 bridgehead atoms. The first-order valence-electron chi connectivity index (χ1n) is 4.51. The van der Waals surface area contributed by atoms with Crippen molar-refractivity contribution >= 4 is 11.9 Å². The Kier molecular flexibility index (Phi) is 3.79. The molecule has 0 aliphatic rings. The van der Waals surface area contributed by atoms with Crippen LogP contribution < -0.4 is 4.74 Å². The van der Waals surface area contributed by atoms with Gasteiger partial charge in [0, 0.05) is 0 Å². The van der Waals surface area contributed by atoms with Crippen molar-refractivity contribution in [2.75, 3.05) is 6.61 Å². The normalized spacial score (nSPS) is 11.1. The average Bonchev–Trinajstić information content (AvgIpc) is 2.24. The highest BCUT2D eigenvalue weighted by atomic mass is 19.4. The van der Waals surface area contributed by atoms with Crippen LogP contribution in [0.3, 0.4) is 0 Å². The number of halogens is 3. The van der Waals surface area contributed by atoms with E-state index in [9.17, 15) is 22.8 Å². The van der Waals surface area contributed by atoms with Crippen LogP contribution in [0.15, 0.2) is 18.2 Å².